The van der Waals surface area contributed by atoms with Crippen molar-refractivity contribution in [1.82, 2.24) is 4.90 Å². The van der Waals surface area contributed by atoms with E-state index in [2.05, 4.69) is 60.8 Å². The molecule has 1 fully saturated rings. The van der Waals surface area contributed by atoms with Gasteiger partial charge in [0.2, 0.25) is 0 Å². The van der Waals surface area contributed by atoms with Crippen molar-refractivity contribution in [3.8, 4) is 0 Å². The molecule has 1 aromatic carbocycles. The van der Waals surface area contributed by atoms with E-state index in [-0.39, 0.29) is 5.41 Å². The fraction of sp³-hybridized carbons (Fsp3) is 0.467. The molecule has 0 bridgehead atoms. The Kier molecular flexibility index (Phi) is 2.30. The van der Waals surface area contributed by atoms with Crippen molar-refractivity contribution in [2.75, 3.05) is 25.5 Å². The number of fused-ring (bicyclic) bond motifs is 3. The van der Waals surface area contributed by atoms with Gasteiger partial charge in [-0.3, -0.25) is 4.90 Å². The lowest BCUT2D eigenvalue weighted by Gasteiger charge is -2.34. The van der Waals surface area contributed by atoms with E-state index < -0.39 is 0 Å². The molecular formula is C15H20N2. The van der Waals surface area contributed by atoms with Gasteiger partial charge in [-0.05, 0) is 31.5 Å². The number of likely N-dealkylation sites (N-methyl/N-ethyl adjacent to an activating group) is 2. The van der Waals surface area contributed by atoms with Crippen molar-refractivity contribution in [3.63, 3.8) is 0 Å². The predicted molar refractivity (Wildman–Crippen MR) is 72.4 cm³/mol. The maximum absolute atomic E-state index is 3.97. The second-order valence-electron chi connectivity index (χ2n) is 5.38. The minimum Gasteiger partial charge on any atom is -0.358 e. The first-order valence-corrected chi connectivity index (χ1v) is 6.34. The van der Waals surface area contributed by atoms with Crippen LogP contribution in [0.25, 0.3) is 0 Å². The molecule has 3 rings (SSSR count). The van der Waals surface area contributed by atoms with Crippen LogP contribution in [0, 0.1) is 0 Å². The monoisotopic (exact) mass is 228 g/mol. The minimum atomic E-state index is 0.266. The number of benzene rings is 1. The molecule has 0 aromatic heterocycles. The summed E-state index contributed by atoms with van der Waals surface area (Å²) in [5.74, 6) is 0. The normalized spacial score (nSPS) is 31.4. The topological polar surface area (TPSA) is 6.48 Å². The van der Waals surface area contributed by atoms with Gasteiger partial charge in [-0.2, -0.15) is 0 Å². The van der Waals surface area contributed by atoms with Crippen molar-refractivity contribution in [2.45, 2.75) is 24.4 Å². The molecule has 0 aliphatic carbocycles. The third-order valence-electron chi connectivity index (χ3n) is 4.52. The van der Waals surface area contributed by atoms with Crippen LogP contribution in [-0.4, -0.2) is 31.7 Å². The molecule has 0 saturated carbocycles. The molecule has 17 heavy (non-hydrogen) atoms. The average molecular weight is 228 g/mol. The van der Waals surface area contributed by atoms with Crippen molar-refractivity contribution in [2.24, 2.45) is 0 Å². The number of nitrogens with zero attached hydrogens (tertiary/aromatic N) is 2. The summed E-state index contributed by atoms with van der Waals surface area (Å²) in [6.45, 7) is 5.14. The molecule has 1 saturated heterocycles. The molecule has 0 N–H and O–H groups in total. The summed E-state index contributed by atoms with van der Waals surface area (Å²) in [5, 5.41) is 0. The Bertz CT molecular complexity index is 454. The fourth-order valence-corrected chi connectivity index (χ4v) is 3.90. The largest absolute Gasteiger partial charge is 0.358 e. The Morgan fingerprint density at radius 1 is 1.41 bits per heavy atom. The lowest BCUT2D eigenvalue weighted by atomic mass is 9.76. The van der Waals surface area contributed by atoms with Crippen LogP contribution in [0.3, 0.4) is 0 Å². The number of para-hydroxylation sites is 1. The van der Waals surface area contributed by atoms with Crippen LogP contribution in [0.4, 0.5) is 5.69 Å². The summed E-state index contributed by atoms with van der Waals surface area (Å²) in [5.41, 5.74) is 3.17. The molecule has 1 aromatic rings. The van der Waals surface area contributed by atoms with Gasteiger partial charge in [0.05, 0.1) is 6.17 Å². The number of anilines is 1. The van der Waals surface area contributed by atoms with Gasteiger partial charge < -0.3 is 4.90 Å². The molecule has 0 unspecified atom stereocenters. The second-order valence-corrected chi connectivity index (χ2v) is 5.38. The fourth-order valence-electron chi connectivity index (χ4n) is 3.90. The summed E-state index contributed by atoms with van der Waals surface area (Å²) >= 11 is 0. The molecule has 2 aliphatic rings. The van der Waals surface area contributed by atoms with E-state index >= 15 is 0 Å². The first-order chi connectivity index (χ1) is 8.20. The van der Waals surface area contributed by atoms with E-state index in [9.17, 15) is 0 Å². The van der Waals surface area contributed by atoms with Crippen LogP contribution in [0.15, 0.2) is 36.9 Å². The summed E-state index contributed by atoms with van der Waals surface area (Å²) in [7, 11) is 4.45. The lowest BCUT2D eigenvalue weighted by Crippen LogP contribution is -2.46. The van der Waals surface area contributed by atoms with Gasteiger partial charge in [0.15, 0.2) is 0 Å². The van der Waals surface area contributed by atoms with Crippen molar-refractivity contribution >= 4 is 5.69 Å². The summed E-state index contributed by atoms with van der Waals surface area (Å²) in [6.07, 6.45) is 4.89. The van der Waals surface area contributed by atoms with Gasteiger partial charge in [0.1, 0.15) is 0 Å². The SMILES string of the molecule is C=CC[C@@]12CCN(C)[C@@H]1N(C)c1ccccc12. The van der Waals surface area contributed by atoms with Crippen molar-refractivity contribution < 1.29 is 0 Å². The molecular weight excluding hydrogens is 208 g/mol. The number of hydrogen-bond donors (Lipinski definition) is 0. The smallest absolute Gasteiger partial charge is 0.0917 e. The highest BCUT2D eigenvalue weighted by atomic mass is 15.4. The third-order valence-corrected chi connectivity index (χ3v) is 4.52. The molecule has 0 spiro atoms. The zero-order chi connectivity index (χ0) is 12.0. The Balaban J connectivity index is 2.18. The highest BCUT2D eigenvalue weighted by molar-refractivity contribution is 5.64. The van der Waals surface area contributed by atoms with Gasteiger partial charge in [0.25, 0.3) is 0 Å². The maximum Gasteiger partial charge on any atom is 0.0917 e. The van der Waals surface area contributed by atoms with Crippen molar-refractivity contribution in [1.29, 1.82) is 0 Å². The molecule has 0 radical (unpaired) electrons. The standard InChI is InChI=1S/C15H20N2/c1-4-9-15-10-11-16(2)14(15)17(3)13-8-6-5-7-12(13)15/h4-8,14H,1,9-11H2,2-3H3/t14-,15+/m1/s1. The maximum atomic E-state index is 3.97. The zero-order valence-electron chi connectivity index (χ0n) is 10.7. The van der Waals surface area contributed by atoms with Gasteiger partial charge in [0, 0.05) is 24.7 Å². The van der Waals surface area contributed by atoms with Gasteiger partial charge >= 0.3 is 0 Å². The number of rotatable bonds is 2. The molecule has 2 heterocycles. The molecule has 2 atom stereocenters. The zero-order valence-corrected chi connectivity index (χ0v) is 10.7. The Labute approximate surface area is 104 Å². The van der Waals surface area contributed by atoms with E-state index in [4.69, 9.17) is 0 Å². The average Bonchev–Trinajstić information content (AvgIpc) is 2.78. The summed E-state index contributed by atoms with van der Waals surface area (Å²) < 4.78 is 0. The highest BCUT2D eigenvalue weighted by Crippen LogP contribution is 2.52. The number of hydrogen-bond acceptors (Lipinski definition) is 2. The van der Waals surface area contributed by atoms with E-state index in [1.54, 1.807) is 0 Å². The van der Waals surface area contributed by atoms with E-state index in [0.29, 0.717) is 6.17 Å². The van der Waals surface area contributed by atoms with E-state index in [1.807, 2.05) is 0 Å². The summed E-state index contributed by atoms with van der Waals surface area (Å²) in [4.78, 5) is 4.91. The quantitative estimate of drug-likeness (QED) is 0.718. The first-order valence-electron chi connectivity index (χ1n) is 6.34. The van der Waals surface area contributed by atoms with Crippen LogP contribution in [0.1, 0.15) is 18.4 Å². The van der Waals surface area contributed by atoms with Crippen LogP contribution >= 0.6 is 0 Å². The minimum absolute atomic E-state index is 0.266. The number of likely N-dealkylation sites (tertiary alicyclic amines) is 1. The second kappa shape index (κ2) is 3.61. The van der Waals surface area contributed by atoms with Gasteiger partial charge in [-0.15, -0.1) is 6.58 Å². The van der Waals surface area contributed by atoms with Crippen LogP contribution < -0.4 is 4.90 Å². The van der Waals surface area contributed by atoms with Crippen LogP contribution in [-0.2, 0) is 5.41 Å². The van der Waals surface area contributed by atoms with Crippen LogP contribution in [0.2, 0.25) is 0 Å². The summed E-state index contributed by atoms with van der Waals surface area (Å²) in [6, 6.07) is 8.84. The molecule has 2 nitrogen and oxygen atoms in total. The van der Waals surface area contributed by atoms with E-state index in [0.717, 1.165) is 6.42 Å². The van der Waals surface area contributed by atoms with Crippen LogP contribution in [0.5, 0.6) is 0 Å². The Morgan fingerprint density at radius 2 is 2.18 bits per heavy atom. The number of allylic oxidation sites excluding steroid dienone is 1. The van der Waals surface area contributed by atoms with E-state index in [1.165, 1.54) is 24.2 Å². The Morgan fingerprint density at radius 3 is 2.94 bits per heavy atom. The first kappa shape index (κ1) is 10.8. The molecule has 2 aliphatic heterocycles. The van der Waals surface area contributed by atoms with Gasteiger partial charge in [-0.25, -0.2) is 0 Å². The van der Waals surface area contributed by atoms with Gasteiger partial charge in [-0.1, -0.05) is 24.3 Å². The Hall–Kier alpha value is -1.28. The lowest BCUT2D eigenvalue weighted by molar-refractivity contribution is 0.258. The van der Waals surface area contributed by atoms with Crippen molar-refractivity contribution in [3.05, 3.63) is 42.5 Å². The predicted octanol–water partition coefficient (Wildman–Crippen LogP) is 2.61. The molecule has 0 amide bonds. The highest BCUT2D eigenvalue weighted by Gasteiger charge is 2.54. The molecule has 90 valence electrons. The molecule has 2 heteroatoms. The third kappa shape index (κ3) is 1.25.